The van der Waals surface area contributed by atoms with E-state index in [1.807, 2.05) is 0 Å². The summed E-state index contributed by atoms with van der Waals surface area (Å²) in [5.74, 6) is -0.667. The Kier molecular flexibility index (Phi) is 193. The number of hydrogen-bond acceptors (Lipinski definition) is 12. The zero-order valence-corrected chi connectivity index (χ0v) is 36.3. The summed E-state index contributed by atoms with van der Waals surface area (Å²) in [5, 5.41) is 36.7. The summed E-state index contributed by atoms with van der Waals surface area (Å²) >= 11 is -16.8. The molecular formula is C8H48F4N24O12Sb4. The molecule has 0 radical (unpaired) electrons. The molecule has 0 aliphatic carbocycles. The van der Waals surface area contributed by atoms with Crippen LogP contribution < -0.4 is 167 Å². The normalized spacial score (nSPS) is 5.62. The van der Waals surface area contributed by atoms with Crippen LogP contribution in [0.4, 0.5) is 0 Å². The van der Waals surface area contributed by atoms with Gasteiger partial charge in [-0.3, -0.25) is 135 Å². The third-order valence-corrected chi connectivity index (χ3v) is 0. The van der Waals surface area contributed by atoms with Gasteiger partial charge in [-0.05, 0) is 0 Å². The molecule has 48 N–H and O–H groups in total. The standard InChI is InChI=1S/8CH5N3.4FH.12O.4Sb/c8*2-1(3)4;;;;;;;;;;;;;;;;;;;;/h8*(H5,2,3,4);4*1H;;;;;;;;;;;;;;;;/q;;;;;;;;;;;;;;;;;;;;4*-1;;;;/p+4. The van der Waals surface area contributed by atoms with Crippen LogP contribution in [-0.2, 0) is 24.1 Å². The summed E-state index contributed by atoms with van der Waals surface area (Å²) in [5.41, 5.74) is 73.3. The molecule has 320 valence electrons. The van der Waals surface area contributed by atoms with Gasteiger partial charge in [0.25, 0.3) is 0 Å². The average molecular weight is 1240 g/mol. The van der Waals surface area contributed by atoms with Crippen LogP contribution in [0, 0.1) is 0 Å². The van der Waals surface area contributed by atoms with Crippen molar-refractivity contribution in [2.75, 3.05) is 0 Å². The summed E-state index contributed by atoms with van der Waals surface area (Å²) < 4.78 is 103. The summed E-state index contributed by atoms with van der Waals surface area (Å²) in [4.78, 5) is 0. The van der Waals surface area contributed by atoms with Crippen molar-refractivity contribution in [2.24, 2.45) is 91.7 Å². The first-order valence-corrected chi connectivity index (χ1v) is 21.6. The van der Waals surface area contributed by atoms with Crippen LogP contribution in [0.15, 0.2) is 0 Å². The maximum absolute atomic E-state index is 8.60. The second-order valence-corrected chi connectivity index (χ2v) is 10.0. The number of rotatable bonds is 0. The number of hydrogen-bond donors (Lipinski definition) is 24. The fourth-order valence-corrected chi connectivity index (χ4v) is 0. The van der Waals surface area contributed by atoms with E-state index in [2.05, 4.69) is 135 Å². The van der Waals surface area contributed by atoms with E-state index in [9.17, 15) is 0 Å². The third-order valence-electron chi connectivity index (χ3n) is 0. The van der Waals surface area contributed by atoms with E-state index in [0.29, 0.717) is 0 Å². The Bertz CT molecular complexity index is 880. The number of nitrogens with two attached hydrogens (primary N) is 24. The Morgan fingerprint density at radius 2 is 0.250 bits per heavy atom. The van der Waals surface area contributed by atoms with Gasteiger partial charge in [-0.25, -0.2) is 0 Å². The van der Waals surface area contributed by atoms with Crippen LogP contribution in [0.2, 0.25) is 0 Å². The molecule has 0 atom stereocenters. The average Bonchev–Trinajstić information content (AvgIpc) is 2.61. The maximum atomic E-state index is 8.60. The Balaban J connectivity index is -0.0000000193. The van der Waals surface area contributed by atoms with Crippen molar-refractivity contribution in [3.63, 3.8) is 0 Å². The second-order valence-electron chi connectivity index (χ2n) is 4.89. The Hall–Kier alpha value is -4.61. The van der Waals surface area contributed by atoms with Crippen LogP contribution in [-0.4, -0.2) is 130 Å². The first-order valence-electron chi connectivity index (χ1n) is 9.12. The van der Waals surface area contributed by atoms with E-state index in [1.165, 1.54) is 0 Å². The van der Waals surface area contributed by atoms with Crippen LogP contribution in [0.3, 0.4) is 0 Å². The molecular weight excluding hydrogens is 1190 g/mol. The van der Waals surface area contributed by atoms with Crippen molar-refractivity contribution < 1.29 is 99.8 Å². The summed E-state index contributed by atoms with van der Waals surface area (Å²) in [6.07, 6.45) is 0. The molecule has 0 aliphatic rings. The van der Waals surface area contributed by atoms with Crippen molar-refractivity contribution in [1.82, 2.24) is 0 Å². The second kappa shape index (κ2) is 97.0. The van der Waals surface area contributed by atoms with Crippen molar-refractivity contribution in [2.45, 2.75) is 0 Å². The third kappa shape index (κ3) is 4210. The first kappa shape index (κ1) is 104. The van der Waals surface area contributed by atoms with E-state index in [0.717, 1.165) is 0 Å². The minimum absolute atomic E-state index is 0. The van der Waals surface area contributed by atoms with E-state index in [-0.39, 0.29) is 66.5 Å². The fraction of sp³-hybridized carbons (Fsp3) is 0. The molecule has 0 bridgehead atoms. The van der Waals surface area contributed by atoms with Gasteiger partial charge in [0.1, 0.15) is 0 Å². The molecule has 44 heteroatoms. The van der Waals surface area contributed by atoms with Crippen LogP contribution in [0.1, 0.15) is 0 Å². The Labute approximate surface area is 319 Å². The van der Waals surface area contributed by atoms with Gasteiger partial charge in [0, 0.05) is 0 Å². The van der Waals surface area contributed by atoms with Gasteiger partial charge < -0.3 is 18.8 Å². The van der Waals surface area contributed by atoms with Crippen molar-refractivity contribution >= 4 is 130 Å². The fourth-order valence-electron chi connectivity index (χ4n) is 0. The molecule has 0 aromatic carbocycles. The molecule has 52 heavy (non-hydrogen) atoms. The molecule has 0 aromatic heterocycles. The zero-order valence-electron chi connectivity index (χ0n) is 26.1. The van der Waals surface area contributed by atoms with E-state index >= 15 is 0 Å². The van der Waals surface area contributed by atoms with E-state index in [1.54, 1.807) is 0 Å². The molecule has 0 fully saturated rings. The molecule has 36 nitrogen and oxygen atoms in total. The predicted octanol–water partition coefficient (Wildman–Crippen LogP) is -43.1. The van der Waals surface area contributed by atoms with Crippen molar-refractivity contribution in [1.29, 1.82) is 0 Å². The van der Waals surface area contributed by atoms with Crippen LogP contribution in [0.5, 0.6) is 0 Å². The van der Waals surface area contributed by atoms with Gasteiger partial charge in [0.15, 0.2) is 0 Å². The van der Waals surface area contributed by atoms with E-state index in [4.69, 9.17) is 37.7 Å². The molecule has 0 spiro atoms. The van der Waals surface area contributed by atoms with Gasteiger partial charge in [-0.1, -0.05) is 0 Å². The van der Waals surface area contributed by atoms with Crippen molar-refractivity contribution in [3.05, 3.63) is 0 Å². The van der Waals surface area contributed by atoms with Gasteiger partial charge in [0.2, 0.25) is 0 Å². The van der Waals surface area contributed by atoms with Crippen LogP contribution in [0.25, 0.3) is 0 Å². The monoisotopic (exact) mass is 1230 g/mol. The molecule has 0 rings (SSSR count). The molecule has 0 saturated heterocycles. The van der Waals surface area contributed by atoms with E-state index < -0.39 is 82.4 Å². The molecule has 0 aliphatic heterocycles. The summed E-state index contributed by atoms with van der Waals surface area (Å²) in [6, 6.07) is 0. The first-order chi connectivity index (χ1) is 20.8. The Morgan fingerprint density at radius 3 is 0.250 bits per heavy atom. The van der Waals surface area contributed by atoms with Gasteiger partial charge in [0.05, 0.1) is 0 Å². The zero-order chi connectivity index (χ0) is 42.9. The molecule has 0 saturated carbocycles. The van der Waals surface area contributed by atoms with Gasteiger partial charge >= 0.3 is 168 Å². The summed E-state index contributed by atoms with van der Waals surface area (Å²) in [6.45, 7) is 0. The molecule has 0 aromatic rings. The molecule has 0 unspecified atom stereocenters. The predicted molar refractivity (Wildman–Crippen MR) is 151 cm³/mol. The molecule has 0 amide bonds. The number of halogens is 4. The van der Waals surface area contributed by atoms with Gasteiger partial charge in [-0.15, -0.1) is 0 Å². The van der Waals surface area contributed by atoms with Crippen LogP contribution >= 0.6 is 0 Å². The quantitative estimate of drug-likeness (QED) is 0.0463. The Morgan fingerprint density at radius 1 is 0.250 bits per heavy atom. The summed E-state index contributed by atoms with van der Waals surface area (Å²) in [7, 11) is 0. The molecule has 0 heterocycles. The number of guanidine groups is 8. The minimum atomic E-state index is -4.20. The van der Waals surface area contributed by atoms with Gasteiger partial charge in [-0.2, -0.15) is 0 Å². The topological polar surface area (TPSA) is 850 Å². The van der Waals surface area contributed by atoms with Crippen molar-refractivity contribution in [3.8, 4) is 0 Å². The SMILES string of the molecule is NC(N)=[NH2+].NC(N)=[NH2+].NC(N)=[NH2+].NC(N)=[NH2+].NC(N)=[NH2+].NC(N)=[NH2+].NC(N)=[NH2+].NC(N)=[NH2+].[F-].[F-].[F-].[F-].[O]=[Sb](=[O])[O-].[O]=[Sb](=[O])[O-].[O]=[Sb](=[O])[O-].[O]=[Sb](=[O])[O-].